The van der Waals surface area contributed by atoms with Crippen LogP contribution in [0, 0.1) is 13.8 Å². The standard InChI is InChI=1S/C22H28Cl2O2S.Ti/c1-11-9-13(21(3,4)5)18(25)14(10-11)27-20-17(24)12(2)16(23)15(19(20)26)22(6,7)8;/h9-10,25-26H,1-8H3;. The van der Waals surface area contributed by atoms with Crippen molar-refractivity contribution >= 4 is 35.0 Å². The van der Waals surface area contributed by atoms with Crippen LogP contribution >= 0.6 is 35.0 Å². The zero-order valence-corrected chi connectivity index (χ0v) is 21.6. The van der Waals surface area contributed by atoms with Gasteiger partial charge in [-0.2, -0.15) is 0 Å². The maximum atomic E-state index is 11.0. The van der Waals surface area contributed by atoms with E-state index in [0.29, 0.717) is 25.4 Å². The molecule has 0 fully saturated rings. The molecule has 0 spiro atoms. The van der Waals surface area contributed by atoms with Gasteiger partial charge in [0.2, 0.25) is 0 Å². The smallest absolute Gasteiger partial charge is 0.136 e. The minimum atomic E-state index is -0.350. The van der Waals surface area contributed by atoms with Gasteiger partial charge in [-0.1, -0.05) is 82.6 Å². The van der Waals surface area contributed by atoms with Crippen LogP contribution in [0.15, 0.2) is 21.9 Å². The summed E-state index contributed by atoms with van der Waals surface area (Å²) in [6.07, 6.45) is 0. The van der Waals surface area contributed by atoms with Crippen LogP contribution in [0.4, 0.5) is 0 Å². The fraction of sp³-hybridized carbons (Fsp3) is 0.455. The number of halogens is 2. The van der Waals surface area contributed by atoms with Gasteiger partial charge < -0.3 is 10.2 Å². The molecule has 0 saturated carbocycles. The van der Waals surface area contributed by atoms with Crippen LogP contribution in [-0.2, 0) is 32.5 Å². The second kappa shape index (κ2) is 8.82. The van der Waals surface area contributed by atoms with Gasteiger partial charge in [0.05, 0.1) is 19.8 Å². The van der Waals surface area contributed by atoms with Gasteiger partial charge in [-0.3, -0.25) is 0 Å². The van der Waals surface area contributed by atoms with Crippen molar-refractivity contribution in [1.82, 2.24) is 0 Å². The molecular formula is C22H28Cl2O2STi. The average Bonchev–Trinajstić information content (AvgIpc) is 2.50. The van der Waals surface area contributed by atoms with Gasteiger partial charge in [0.25, 0.3) is 0 Å². The Morgan fingerprint density at radius 1 is 0.821 bits per heavy atom. The van der Waals surface area contributed by atoms with E-state index in [1.165, 1.54) is 11.8 Å². The van der Waals surface area contributed by atoms with Crippen molar-refractivity contribution in [2.75, 3.05) is 0 Å². The molecule has 2 aromatic carbocycles. The number of hydrogen-bond donors (Lipinski definition) is 2. The summed E-state index contributed by atoms with van der Waals surface area (Å²) in [5, 5.41) is 22.8. The molecule has 0 bridgehead atoms. The summed E-state index contributed by atoms with van der Waals surface area (Å²) in [6.45, 7) is 16.0. The first-order chi connectivity index (χ1) is 12.2. The zero-order chi connectivity index (χ0) is 20.9. The summed E-state index contributed by atoms with van der Waals surface area (Å²) in [7, 11) is 0. The Hall–Kier alpha value is -0.316. The molecule has 0 atom stereocenters. The van der Waals surface area contributed by atoms with Crippen molar-refractivity contribution in [3.05, 3.63) is 44.4 Å². The van der Waals surface area contributed by atoms with Gasteiger partial charge in [0.15, 0.2) is 0 Å². The fourth-order valence-electron chi connectivity index (χ4n) is 3.06. The van der Waals surface area contributed by atoms with Gasteiger partial charge >= 0.3 is 0 Å². The normalized spacial score (nSPS) is 12.1. The van der Waals surface area contributed by atoms with E-state index >= 15 is 0 Å². The quantitative estimate of drug-likeness (QED) is 0.436. The Bertz CT molecular complexity index is 897. The average molecular weight is 475 g/mol. The van der Waals surface area contributed by atoms with Crippen LogP contribution in [0.25, 0.3) is 0 Å². The van der Waals surface area contributed by atoms with Gasteiger partial charge in [-0.15, -0.1) is 0 Å². The van der Waals surface area contributed by atoms with Crippen molar-refractivity contribution in [3.63, 3.8) is 0 Å². The number of benzene rings is 2. The van der Waals surface area contributed by atoms with Gasteiger partial charge in [-0.25, -0.2) is 0 Å². The topological polar surface area (TPSA) is 40.5 Å². The summed E-state index contributed by atoms with van der Waals surface area (Å²) < 4.78 is 0. The molecule has 6 heteroatoms. The number of aromatic hydroxyl groups is 2. The Morgan fingerprint density at radius 3 is 1.82 bits per heavy atom. The number of aryl methyl sites for hydroxylation is 1. The molecule has 28 heavy (non-hydrogen) atoms. The molecule has 2 rings (SSSR count). The minimum Gasteiger partial charge on any atom is -0.506 e. The van der Waals surface area contributed by atoms with Crippen LogP contribution in [0.1, 0.15) is 63.8 Å². The summed E-state index contributed by atoms with van der Waals surface area (Å²) in [6, 6.07) is 3.90. The molecule has 152 valence electrons. The summed E-state index contributed by atoms with van der Waals surface area (Å²) >= 11 is 14.3. The third-order valence-electron chi connectivity index (χ3n) is 4.52. The third kappa shape index (κ3) is 5.05. The van der Waals surface area contributed by atoms with E-state index in [9.17, 15) is 10.2 Å². The molecule has 2 aromatic rings. The van der Waals surface area contributed by atoms with Crippen molar-refractivity contribution in [3.8, 4) is 11.5 Å². The number of phenols is 2. The van der Waals surface area contributed by atoms with E-state index in [0.717, 1.165) is 16.7 Å². The maximum Gasteiger partial charge on any atom is 0.136 e. The predicted molar refractivity (Wildman–Crippen MR) is 117 cm³/mol. The summed E-state index contributed by atoms with van der Waals surface area (Å²) in [4.78, 5) is 1.18. The molecule has 0 heterocycles. The van der Waals surface area contributed by atoms with Gasteiger partial charge in [-0.05, 0) is 41.9 Å². The maximum absolute atomic E-state index is 11.0. The molecule has 0 aliphatic rings. The van der Waals surface area contributed by atoms with E-state index < -0.39 is 0 Å². The van der Waals surface area contributed by atoms with Crippen LogP contribution in [0.5, 0.6) is 11.5 Å². The fourth-order valence-corrected chi connectivity index (χ4v) is 4.99. The molecule has 0 aliphatic heterocycles. The second-order valence-electron chi connectivity index (χ2n) is 9.07. The number of phenolic OH excluding ortho intramolecular Hbond substituents is 2. The van der Waals surface area contributed by atoms with E-state index in [2.05, 4.69) is 20.8 Å². The van der Waals surface area contributed by atoms with Crippen molar-refractivity contribution < 1.29 is 31.9 Å². The minimum absolute atomic E-state index is 0. The second-order valence-corrected chi connectivity index (χ2v) is 10.9. The predicted octanol–water partition coefficient (Wildman–Crippen LogP) is 7.77. The molecule has 0 aromatic heterocycles. The molecular weight excluding hydrogens is 447 g/mol. The van der Waals surface area contributed by atoms with E-state index in [1.54, 1.807) is 0 Å². The Kier molecular flexibility index (Phi) is 8.10. The first-order valence-corrected chi connectivity index (χ1v) is 10.5. The Labute approximate surface area is 197 Å². The van der Waals surface area contributed by atoms with Crippen LogP contribution < -0.4 is 0 Å². The van der Waals surface area contributed by atoms with Crippen LogP contribution in [0.2, 0.25) is 10.0 Å². The van der Waals surface area contributed by atoms with Gasteiger partial charge in [0, 0.05) is 32.8 Å². The molecule has 0 saturated heterocycles. The first kappa shape index (κ1) is 25.7. The molecule has 0 aliphatic carbocycles. The van der Waals surface area contributed by atoms with Crippen molar-refractivity contribution in [2.45, 2.75) is 76.0 Å². The monoisotopic (exact) mass is 474 g/mol. The third-order valence-corrected chi connectivity index (χ3v) is 6.71. The van der Waals surface area contributed by atoms with Gasteiger partial charge in [0.1, 0.15) is 11.5 Å². The van der Waals surface area contributed by atoms with Crippen LogP contribution in [-0.4, -0.2) is 10.2 Å². The number of rotatable bonds is 2. The summed E-state index contributed by atoms with van der Waals surface area (Å²) in [5.74, 6) is 0.296. The molecule has 0 radical (unpaired) electrons. The molecule has 0 amide bonds. The molecule has 0 unspecified atom stereocenters. The molecule has 2 N–H and O–H groups in total. The van der Waals surface area contributed by atoms with E-state index in [-0.39, 0.29) is 44.0 Å². The molecule has 2 nitrogen and oxygen atoms in total. The first-order valence-electron chi connectivity index (χ1n) is 8.89. The van der Waals surface area contributed by atoms with Crippen molar-refractivity contribution in [2.24, 2.45) is 0 Å². The van der Waals surface area contributed by atoms with E-state index in [1.807, 2.05) is 46.8 Å². The van der Waals surface area contributed by atoms with Crippen LogP contribution in [0.3, 0.4) is 0 Å². The van der Waals surface area contributed by atoms with Crippen molar-refractivity contribution in [1.29, 1.82) is 0 Å². The zero-order valence-electron chi connectivity index (χ0n) is 17.7. The SMILES string of the molecule is Cc1cc(Sc2c(O)c(C(C)(C)C)c(Cl)c(C)c2Cl)c(O)c(C(C)(C)C)c1.[Ti]. The Morgan fingerprint density at radius 2 is 1.36 bits per heavy atom. The number of hydrogen-bond acceptors (Lipinski definition) is 3. The van der Waals surface area contributed by atoms with E-state index in [4.69, 9.17) is 23.2 Å². The summed E-state index contributed by atoms with van der Waals surface area (Å²) in [5.41, 5.74) is 2.74. The Balaban J connectivity index is 0.00000392. The largest absolute Gasteiger partial charge is 0.506 e.